The summed E-state index contributed by atoms with van der Waals surface area (Å²) in [6.45, 7) is 1.30. The highest BCUT2D eigenvalue weighted by atomic mass is 79.9. The maximum Gasteiger partial charge on any atom is 0.161 e. The van der Waals surface area contributed by atoms with Gasteiger partial charge in [0.1, 0.15) is 55.4 Å². The summed E-state index contributed by atoms with van der Waals surface area (Å²) in [5.41, 5.74) is 12.4. The number of pyridine rings is 3. The minimum atomic E-state index is -0.257. The molecule has 548 valence electrons. The van der Waals surface area contributed by atoms with Crippen LogP contribution in [0.25, 0.3) is 33.1 Å². The first-order valence-corrected chi connectivity index (χ1v) is 34.8. The molecule has 0 fully saturated rings. The van der Waals surface area contributed by atoms with Gasteiger partial charge in [-0.05, 0) is 197 Å². The number of carbonyl (C=O) groups excluding carboxylic acids is 2. The second-order valence-electron chi connectivity index (χ2n) is 22.5. The van der Waals surface area contributed by atoms with Crippen molar-refractivity contribution in [1.82, 2.24) is 29.9 Å². The Labute approximate surface area is 645 Å². The van der Waals surface area contributed by atoms with E-state index >= 15 is 0 Å². The van der Waals surface area contributed by atoms with E-state index in [2.05, 4.69) is 58.0 Å². The molecule has 0 spiro atoms. The van der Waals surface area contributed by atoms with Gasteiger partial charge in [-0.25, -0.2) is 15.0 Å². The fourth-order valence-corrected chi connectivity index (χ4v) is 11.1. The number of nitrogens with zero attached hydrogens (tertiary/aromatic N) is 3. The standard InChI is InChI=1S/C23H21ClN2O3.C22H19ClN2O2.C15H13ClO3.C8H8O3.C7H6BrCl.C7H6N2.2CH4/c1-27-21-12-16(7-10-20(21)29-14-15-5-8-17(24)9-6-15)22(28-2)19-13-26-23-18(19)4-3-11-25-23;1-26-21-12-16(11-17-13-25-22-19(17)3-2-10-24-22)6-9-20(21)27-14-15-4-7-18(23)8-5-15;1-18-15-8-12(9-17)4-7-14(15)19-10-11-2-5-13(16)6-3-11;1-11-8-4-6(5-9)2-3-7(8)10;8-5-6-1-3-7(9)4-2-6;1-2-6-3-5-9-7(6)8-4-1;;/h3-13,22H,14H2,1-2H3,(H,25,26);2-10,12-13H,11,14H2,1H3,(H,24,25);2-9H,10H2,1H3;2-5,10H,1H3;1-4H,5H2;1-5H,(H,8,9);2*1H4. The quantitative estimate of drug-likeness (QED) is 0.0389. The summed E-state index contributed by atoms with van der Waals surface area (Å²) in [4.78, 5) is 43.1. The number of ether oxygens (including phenoxy) is 8. The molecule has 0 saturated heterocycles. The van der Waals surface area contributed by atoms with Gasteiger partial charge in [0, 0.05) is 103 Å². The number of methoxy groups -OCH3 is 5. The van der Waals surface area contributed by atoms with Gasteiger partial charge in [0.15, 0.2) is 46.0 Å². The average molecular weight is 1570 g/mol. The van der Waals surface area contributed by atoms with Gasteiger partial charge in [-0.1, -0.05) is 138 Å². The van der Waals surface area contributed by atoms with E-state index in [0.29, 0.717) is 81.0 Å². The van der Waals surface area contributed by atoms with E-state index in [-0.39, 0.29) is 26.7 Å². The second kappa shape index (κ2) is 42.8. The molecule has 0 aliphatic heterocycles. The van der Waals surface area contributed by atoms with Crippen molar-refractivity contribution in [3.8, 4) is 46.0 Å². The van der Waals surface area contributed by atoms with Crippen molar-refractivity contribution < 1.29 is 52.6 Å². The highest BCUT2D eigenvalue weighted by molar-refractivity contribution is 9.08. The van der Waals surface area contributed by atoms with E-state index < -0.39 is 0 Å². The van der Waals surface area contributed by atoms with Crippen LogP contribution < -0.4 is 33.2 Å². The monoisotopic (exact) mass is 1570 g/mol. The van der Waals surface area contributed by atoms with Crippen LogP contribution in [0.15, 0.2) is 250 Å². The minimum Gasteiger partial charge on any atom is -0.504 e. The minimum absolute atomic E-state index is 0. The number of benzene rings is 8. The zero-order valence-electron chi connectivity index (χ0n) is 57.2. The predicted molar refractivity (Wildman–Crippen MR) is 429 cm³/mol. The molecule has 106 heavy (non-hydrogen) atoms. The zero-order chi connectivity index (χ0) is 73.6. The fourth-order valence-electron chi connectivity index (χ4n) is 10.2. The first-order valence-electron chi connectivity index (χ1n) is 32.2. The summed E-state index contributed by atoms with van der Waals surface area (Å²) in [5.74, 6) is 4.25. The molecule has 4 N–H and O–H groups in total. The molecule has 6 aromatic heterocycles. The van der Waals surface area contributed by atoms with Gasteiger partial charge >= 0.3 is 0 Å². The number of hydrogen-bond donors (Lipinski definition) is 4. The lowest BCUT2D eigenvalue weighted by Crippen LogP contribution is -2.04. The summed E-state index contributed by atoms with van der Waals surface area (Å²) in [6.07, 6.45) is 13.2. The Hall–Kier alpha value is -10.8. The van der Waals surface area contributed by atoms with Crippen molar-refractivity contribution in [3.63, 3.8) is 0 Å². The van der Waals surface area contributed by atoms with Crippen molar-refractivity contribution in [2.75, 3.05) is 35.5 Å². The highest BCUT2D eigenvalue weighted by Gasteiger charge is 2.21. The first kappa shape index (κ1) is 82.5. The van der Waals surface area contributed by atoms with Crippen molar-refractivity contribution in [3.05, 3.63) is 325 Å². The molecule has 0 aliphatic carbocycles. The normalized spacial score (nSPS) is 10.5. The van der Waals surface area contributed by atoms with Gasteiger partial charge in [0.05, 0.1) is 28.4 Å². The van der Waals surface area contributed by atoms with Crippen LogP contribution in [0.3, 0.4) is 0 Å². The molecule has 0 bridgehead atoms. The third-order valence-electron chi connectivity index (χ3n) is 15.6. The smallest absolute Gasteiger partial charge is 0.161 e. The number of rotatable bonds is 21. The van der Waals surface area contributed by atoms with Crippen LogP contribution >= 0.6 is 62.3 Å². The van der Waals surface area contributed by atoms with E-state index in [0.717, 1.165) is 101 Å². The summed E-state index contributed by atoms with van der Waals surface area (Å²) < 4.78 is 44.4. The van der Waals surface area contributed by atoms with Crippen LogP contribution in [-0.2, 0) is 36.3 Å². The van der Waals surface area contributed by atoms with Gasteiger partial charge in [0.25, 0.3) is 0 Å². The number of nitrogens with one attached hydrogen (secondary N) is 3. The Morgan fingerprint density at radius 3 is 1.36 bits per heavy atom. The van der Waals surface area contributed by atoms with Crippen LogP contribution in [0.2, 0.25) is 20.1 Å². The van der Waals surface area contributed by atoms with Crippen molar-refractivity contribution in [1.29, 1.82) is 0 Å². The Kier molecular flexibility index (Phi) is 33.3. The summed E-state index contributed by atoms with van der Waals surface area (Å²) in [5, 5.41) is 16.2. The number of fused-ring (bicyclic) bond motifs is 3. The molecule has 14 rings (SSSR count). The average Bonchev–Trinajstić information content (AvgIpc) is 1.62. The summed E-state index contributed by atoms with van der Waals surface area (Å²) in [6, 6.07) is 65.7. The van der Waals surface area contributed by atoms with Gasteiger partial charge in [-0.2, -0.15) is 0 Å². The topological polar surface area (TPSA) is 214 Å². The Morgan fingerprint density at radius 2 is 0.858 bits per heavy atom. The van der Waals surface area contributed by atoms with E-state index in [9.17, 15) is 9.59 Å². The molecule has 22 heteroatoms. The number of aromatic amines is 3. The maximum atomic E-state index is 10.7. The fraction of sp³-hybridized carbons (Fsp3) is 0.155. The third-order valence-corrected chi connectivity index (χ3v) is 17.3. The van der Waals surface area contributed by atoms with Gasteiger partial charge in [0.2, 0.25) is 0 Å². The van der Waals surface area contributed by atoms with E-state index in [1.807, 2.05) is 182 Å². The van der Waals surface area contributed by atoms with Gasteiger partial charge in [-0.3, -0.25) is 9.59 Å². The lowest BCUT2D eigenvalue weighted by molar-refractivity contribution is 0.111. The number of halogens is 5. The molecular formula is C84H81BrCl4N6O11. The lowest BCUT2D eigenvalue weighted by atomic mass is 10.0. The molecule has 0 amide bonds. The van der Waals surface area contributed by atoms with Crippen LogP contribution in [-0.4, -0.2) is 83.1 Å². The zero-order valence-corrected chi connectivity index (χ0v) is 61.8. The molecule has 0 aliphatic rings. The second-order valence-corrected chi connectivity index (χ2v) is 24.9. The predicted octanol–water partition coefficient (Wildman–Crippen LogP) is 22.0. The molecule has 14 aromatic rings. The maximum absolute atomic E-state index is 10.7. The van der Waals surface area contributed by atoms with Crippen molar-refractivity contribution >= 4 is 108 Å². The van der Waals surface area contributed by atoms with E-state index in [4.69, 9.17) is 89.4 Å². The number of hydrogen-bond acceptors (Lipinski definition) is 14. The lowest BCUT2D eigenvalue weighted by Gasteiger charge is -2.18. The van der Waals surface area contributed by atoms with Crippen LogP contribution in [0.4, 0.5) is 0 Å². The molecule has 17 nitrogen and oxygen atoms in total. The SMILES string of the molecule is C.C.COc1cc(C(OC)c2c[nH]c3ncccc23)ccc1OCc1ccc(Cl)cc1.COc1cc(C=O)ccc1O.COc1cc(C=O)ccc1OCc1ccc(Cl)cc1.COc1cc(Cc2c[nH]c3ncccc23)ccc1OCc1ccc(Cl)cc1.Clc1ccc(CBr)cc1.c1cnc2[nH]ccc2c1. The van der Waals surface area contributed by atoms with Crippen molar-refractivity contribution in [2.24, 2.45) is 0 Å². The highest BCUT2D eigenvalue weighted by Crippen LogP contribution is 2.38. The largest absolute Gasteiger partial charge is 0.504 e. The molecular weight excluding hydrogens is 1490 g/mol. The molecule has 6 heterocycles. The number of aldehydes is 2. The summed E-state index contributed by atoms with van der Waals surface area (Å²) >= 11 is 26.7. The van der Waals surface area contributed by atoms with Gasteiger partial charge in [-0.15, -0.1) is 0 Å². The third kappa shape index (κ3) is 24.1. The molecule has 8 aromatic carbocycles. The van der Waals surface area contributed by atoms with Crippen molar-refractivity contribution in [2.45, 2.75) is 52.5 Å². The number of alkyl halides is 1. The number of aromatic hydroxyl groups is 1. The first-order chi connectivity index (χ1) is 50.7. The van der Waals surface area contributed by atoms with E-state index in [1.165, 1.54) is 36.4 Å². The van der Waals surface area contributed by atoms with Crippen LogP contribution in [0, 0.1) is 0 Å². The van der Waals surface area contributed by atoms with Gasteiger partial charge < -0.3 is 58.0 Å². The number of phenols is 1. The Bertz CT molecular complexity index is 4970. The Morgan fingerprint density at radius 1 is 0.434 bits per heavy atom. The summed E-state index contributed by atoms with van der Waals surface area (Å²) in [7, 11) is 7.95. The van der Waals surface area contributed by atoms with Crippen LogP contribution in [0.1, 0.15) is 86.2 Å². The number of carbonyl (C=O) groups is 2. The molecule has 0 radical (unpaired) electrons. The Balaban J connectivity index is 0.000000187. The van der Waals surface area contributed by atoms with E-state index in [1.54, 1.807) is 65.2 Å². The number of phenolic OH excluding ortho intramolecular Hbond substituents is 1. The number of aromatic nitrogens is 6. The molecule has 1 unspecified atom stereocenters. The number of H-pyrrole nitrogens is 3. The van der Waals surface area contributed by atoms with Crippen LogP contribution in [0.5, 0.6) is 46.0 Å². The molecule has 1 atom stereocenters. The molecule has 0 saturated carbocycles.